The first-order chi connectivity index (χ1) is 15.1. The number of rotatable bonds is 6. The lowest BCUT2D eigenvalue weighted by molar-refractivity contribution is -0.137. The highest BCUT2D eigenvalue weighted by Crippen LogP contribution is 2.31. The van der Waals surface area contributed by atoms with Crippen LogP contribution in [0, 0.1) is 6.92 Å². The maximum absolute atomic E-state index is 12.9. The topological polar surface area (TPSA) is 79.0 Å². The number of piperazine rings is 1. The van der Waals surface area contributed by atoms with Crippen LogP contribution in [0.5, 0.6) is 5.75 Å². The molecule has 1 aliphatic rings. The first-order valence-corrected chi connectivity index (χ1v) is 11.4. The summed E-state index contributed by atoms with van der Waals surface area (Å²) in [5.41, 5.74) is -0.0403. The predicted molar refractivity (Wildman–Crippen MR) is 112 cm³/mol. The molecule has 0 spiro atoms. The van der Waals surface area contributed by atoms with Crippen molar-refractivity contribution < 1.29 is 31.1 Å². The Bertz CT molecular complexity index is 1050. The molecule has 0 saturated carbocycles. The second-order valence-corrected chi connectivity index (χ2v) is 9.20. The van der Waals surface area contributed by atoms with Crippen LogP contribution in [0.2, 0.25) is 0 Å². The number of nitrogens with zero attached hydrogens (tertiary/aromatic N) is 2. The minimum Gasteiger partial charge on any atom is -0.491 e. The van der Waals surface area contributed by atoms with E-state index in [2.05, 4.69) is 5.32 Å². The average Bonchev–Trinajstić information content (AvgIpc) is 2.77. The molecule has 0 atom stereocenters. The number of carbonyl (C=O) groups is 1. The zero-order valence-corrected chi connectivity index (χ0v) is 18.2. The third kappa shape index (κ3) is 5.71. The van der Waals surface area contributed by atoms with E-state index in [0.717, 1.165) is 33.8 Å². The van der Waals surface area contributed by atoms with Gasteiger partial charge in [0.05, 0.1) is 17.0 Å². The number of para-hydroxylation sites is 1. The summed E-state index contributed by atoms with van der Waals surface area (Å²) >= 11 is 0. The minimum atomic E-state index is -4.63. The van der Waals surface area contributed by atoms with Crippen molar-refractivity contribution >= 4 is 16.1 Å². The van der Waals surface area contributed by atoms with Crippen LogP contribution in [-0.2, 0) is 16.2 Å². The number of hydrogen-bond acceptors (Lipinski definition) is 4. The summed E-state index contributed by atoms with van der Waals surface area (Å²) in [5.74, 6) is 0.732. The van der Waals surface area contributed by atoms with Gasteiger partial charge >= 0.3 is 12.2 Å². The van der Waals surface area contributed by atoms with Crippen LogP contribution in [0.4, 0.5) is 18.0 Å². The highest BCUT2D eigenvalue weighted by atomic mass is 32.2. The second kappa shape index (κ2) is 9.78. The number of benzene rings is 2. The molecule has 32 heavy (non-hydrogen) atoms. The van der Waals surface area contributed by atoms with Crippen LogP contribution in [0.25, 0.3) is 0 Å². The van der Waals surface area contributed by atoms with Crippen LogP contribution in [0.1, 0.15) is 11.1 Å². The standard InChI is InChI=1S/C21H24F3N3O4S/c1-16-5-2-3-8-19(16)31-14-9-25-20(28)26-10-12-27(13-11-26)32(29,30)18-7-4-6-17(15-18)21(22,23)24/h2-8,15H,9-14H2,1H3,(H,25,28). The lowest BCUT2D eigenvalue weighted by Gasteiger charge is -2.34. The maximum atomic E-state index is 12.9. The zero-order valence-electron chi connectivity index (χ0n) is 17.4. The van der Waals surface area contributed by atoms with E-state index in [1.807, 2.05) is 31.2 Å². The SMILES string of the molecule is Cc1ccccc1OCCNC(=O)N1CCN(S(=O)(=O)c2cccc(C(F)(F)F)c2)CC1. The molecule has 1 N–H and O–H groups in total. The Kier molecular flexibility index (Phi) is 7.29. The smallest absolute Gasteiger partial charge is 0.416 e. The third-order valence-electron chi connectivity index (χ3n) is 5.05. The number of sulfonamides is 1. The molecule has 1 saturated heterocycles. The summed E-state index contributed by atoms with van der Waals surface area (Å²) < 4.78 is 70.9. The molecule has 1 fully saturated rings. The summed E-state index contributed by atoms with van der Waals surface area (Å²) in [6, 6.07) is 10.8. The van der Waals surface area contributed by atoms with Gasteiger partial charge < -0.3 is 15.0 Å². The van der Waals surface area contributed by atoms with E-state index in [1.165, 1.54) is 4.90 Å². The fraction of sp³-hybridized carbons (Fsp3) is 0.381. The predicted octanol–water partition coefficient (Wildman–Crippen LogP) is 3.11. The Morgan fingerprint density at radius 2 is 1.75 bits per heavy atom. The Hall–Kier alpha value is -2.79. The van der Waals surface area contributed by atoms with Crippen molar-refractivity contribution in [2.75, 3.05) is 39.3 Å². The molecule has 1 aliphatic heterocycles. The minimum absolute atomic E-state index is 0.00823. The van der Waals surface area contributed by atoms with E-state index in [9.17, 15) is 26.4 Å². The number of urea groups is 1. The highest BCUT2D eigenvalue weighted by molar-refractivity contribution is 7.89. The van der Waals surface area contributed by atoms with Crippen molar-refractivity contribution in [3.63, 3.8) is 0 Å². The van der Waals surface area contributed by atoms with E-state index in [0.29, 0.717) is 6.07 Å². The molecule has 2 amide bonds. The van der Waals surface area contributed by atoms with Gasteiger partial charge in [-0.05, 0) is 36.8 Å². The van der Waals surface area contributed by atoms with Gasteiger partial charge in [0.15, 0.2) is 0 Å². The van der Waals surface area contributed by atoms with Crippen molar-refractivity contribution in [1.29, 1.82) is 0 Å². The van der Waals surface area contributed by atoms with Gasteiger partial charge in [0, 0.05) is 26.2 Å². The zero-order chi connectivity index (χ0) is 23.4. The maximum Gasteiger partial charge on any atom is 0.416 e. The number of aryl methyl sites for hydroxylation is 1. The van der Waals surface area contributed by atoms with E-state index < -0.39 is 26.7 Å². The van der Waals surface area contributed by atoms with Crippen molar-refractivity contribution in [2.45, 2.75) is 18.0 Å². The van der Waals surface area contributed by atoms with Gasteiger partial charge in [0.2, 0.25) is 10.0 Å². The highest BCUT2D eigenvalue weighted by Gasteiger charge is 2.34. The van der Waals surface area contributed by atoms with E-state index in [4.69, 9.17) is 4.74 Å². The lowest BCUT2D eigenvalue weighted by Crippen LogP contribution is -2.53. The molecule has 0 bridgehead atoms. The van der Waals surface area contributed by atoms with E-state index in [1.54, 1.807) is 0 Å². The molecular weight excluding hydrogens is 447 g/mol. The number of carbonyl (C=O) groups excluding carboxylic acids is 1. The van der Waals surface area contributed by atoms with Crippen LogP contribution in [0.15, 0.2) is 53.4 Å². The van der Waals surface area contributed by atoms with Crippen LogP contribution in [0.3, 0.4) is 0 Å². The fourth-order valence-electron chi connectivity index (χ4n) is 3.26. The largest absolute Gasteiger partial charge is 0.491 e. The van der Waals surface area contributed by atoms with Crippen LogP contribution in [-0.4, -0.2) is 63.0 Å². The van der Waals surface area contributed by atoms with Gasteiger partial charge in [-0.3, -0.25) is 0 Å². The van der Waals surface area contributed by atoms with Gasteiger partial charge in [-0.15, -0.1) is 0 Å². The molecule has 0 aliphatic carbocycles. The number of halogens is 3. The summed E-state index contributed by atoms with van der Waals surface area (Å²) in [6.45, 7) is 2.71. The monoisotopic (exact) mass is 471 g/mol. The van der Waals surface area contributed by atoms with E-state index in [-0.39, 0.29) is 45.4 Å². The van der Waals surface area contributed by atoms with Crippen LogP contribution >= 0.6 is 0 Å². The summed E-state index contributed by atoms with van der Waals surface area (Å²) in [7, 11) is -4.09. The van der Waals surface area contributed by atoms with Crippen molar-refractivity contribution in [2.24, 2.45) is 0 Å². The molecule has 1 heterocycles. The molecule has 0 radical (unpaired) electrons. The number of amides is 2. The Balaban J connectivity index is 1.50. The number of nitrogens with one attached hydrogen (secondary N) is 1. The van der Waals surface area contributed by atoms with Crippen LogP contribution < -0.4 is 10.1 Å². The van der Waals surface area contributed by atoms with Gasteiger partial charge in [-0.2, -0.15) is 17.5 Å². The average molecular weight is 472 g/mol. The lowest BCUT2D eigenvalue weighted by atomic mass is 10.2. The fourth-order valence-corrected chi connectivity index (χ4v) is 4.73. The van der Waals surface area contributed by atoms with Crippen molar-refractivity contribution in [1.82, 2.24) is 14.5 Å². The van der Waals surface area contributed by atoms with E-state index >= 15 is 0 Å². The number of ether oxygens (including phenoxy) is 1. The summed E-state index contributed by atoms with van der Waals surface area (Å²) in [6.07, 6.45) is -4.63. The summed E-state index contributed by atoms with van der Waals surface area (Å²) in [4.78, 5) is 13.4. The van der Waals surface area contributed by atoms with Gasteiger partial charge in [-0.25, -0.2) is 13.2 Å². The molecular formula is C21H24F3N3O4S. The van der Waals surface area contributed by atoms with Crippen molar-refractivity contribution in [3.05, 3.63) is 59.7 Å². The third-order valence-corrected chi connectivity index (χ3v) is 6.95. The van der Waals surface area contributed by atoms with Gasteiger partial charge in [0.1, 0.15) is 12.4 Å². The van der Waals surface area contributed by atoms with Crippen molar-refractivity contribution in [3.8, 4) is 5.75 Å². The first-order valence-electron chi connectivity index (χ1n) is 9.97. The molecule has 11 heteroatoms. The molecule has 2 aromatic carbocycles. The Morgan fingerprint density at radius 1 is 1.06 bits per heavy atom. The summed E-state index contributed by atoms with van der Waals surface area (Å²) in [5, 5.41) is 2.72. The Labute approximate surface area is 184 Å². The van der Waals surface area contributed by atoms with Gasteiger partial charge in [-0.1, -0.05) is 24.3 Å². The molecule has 7 nitrogen and oxygen atoms in total. The molecule has 2 aromatic rings. The molecule has 3 rings (SSSR count). The first kappa shape index (κ1) is 23.9. The molecule has 174 valence electrons. The number of alkyl halides is 3. The molecule has 0 unspecified atom stereocenters. The number of hydrogen-bond donors (Lipinski definition) is 1. The second-order valence-electron chi connectivity index (χ2n) is 7.26. The van der Waals surface area contributed by atoms with Gasteiger partial charge in [0.25, 0.3) is 0 Å². The Morgan fingerprint density at radius 3 is 2.41 bits per heavy atom. The normalized spacial score (nSPS) is 15.4. The molecule has 0 aromatic heterocycles. The quantitative estimate of drug-likeness (QED) is 0.657.